The van der Waals surface area contributed by atoms with Crippen LogP contribution in [0.25, 0.3) is 11.8 Å². The fraction of sp³-hybridized carbons (Fsp3) is 0.200. The molecule has 0 bridgehead atoms. The molecule has 6 nitrogen and oxygen atoms in total. The number of aryl methyl sites for hydroxylation is 1. The van der Waals surface area contributed by atoms with Gasteiger partial charge in [0.15, 0.2) is 0 Å². The summed E-state index contributed by atoms with van der Waals surface area (Å²) < 4.78 is 1.40. The van der Waals surface area contributed by atoms with Crippen LogP contribution in [-0.4, -0.2) is 25.8 Å². The van der Waals surface area contributed by atoms with Crippen LogP contribution < -0.4 is 0 Å². The maximum atomic E-state index is 10.5. The van der Waals surface area contributed by atoms with Gasteiger partial charge in [-0.15, -0.1) is 0 Å². The molecule has 0 aliphatic carbocycles. The number of benzene rings is 1. The molecule has 0 unspecified atom stereocenters. The molecule has 0 saturated carbocycles. The summed E-state index contributed by atoms with van der Waals surface area (Å²) in [5.74, 6) is -0.788. The molecule has 1 heterocycles. The number of aromatic nitrogens is 3. The van der Waals surface area contributed by atoms with Crippen LogP contribution in [-0.2, 0) is 11.2 Å². The first-order chi connectivity index (χ1) is 10.2. The third kappa shape index (κ3) is 4.28. The summed E-state index contributed by atoms with van der Waals surface area (Å²) in [4.78, 5) is 14.3. The van der Waals surface area contributed by atoms with Crippen molar-refractivity contribution in [3.63, 3.8) is 0 Å². The predicted molar refractivity (Wildman–Crippen MR) is 76.8 cm³/mol. The fourth-order valence-corrected chi connectivity index (χ4v) is 1.92. The van der Waals surface area contributed by atoms with Crippen LogP contribution in [0.5, 0.6) is 0 Å². The lowest BCUT2D eigenvalue weighted by molar-refractivity contribution is -0.137. The van der Waals surface area contributed by atoms with E-state index in [1.54, 1.807) is 6.08 Å². The topological polar surface area (TPSA) is 91.8 Å². The number of allylic oxidation sites excluding steroid dienone is 1. The Morgan fingerprint density at radius 3 is 3.00 bits per heavy atom. The van der Waals surface area contributed by atoms with Crippen LogP contribution in [0, 0.1) is 11.3 Å². The highest BCUT2D eigenvalue weighted by atomic mass is 16.4. The molecule has 106 valence electrons. The van der Waals surface area contributed by atoms with Gasteiger partial charge < -0.3 is 5.11 Å². The Morgan fingerprint density at radius 1 is 1.48 bits per heavy atom. The van der Waals surface area contributed by atoms with Crippen molar-refractivity contribution in [2.24, 2.45) is 0 Å². The molecule has 0 spiro atoms. The van der Waals surface area contributed by atoms with Crippen LogP contribution in [0.3, 0.4) is 0 Å². The van der Waals surface area contributed by atoms with Crippen LogP contribution in [0.2, 0.25) is 0 Å². The molecule has 1 aromatic heterocycles. The molecule has 6 heteroatoms. The number of aliphatic carboxylic acids is 1. The Labute approximate surface area is 122 Å². The largest absolute Gasteiger partial charge is 0.481 e. The van der Waals surface area contributed by atoms with Crippen molar-refractivity contribution in [3.05, 3.63) is 48.0 Å². The van der Waals surface area contributed by atoms with Crippen molar-refractivity contribution in [1.29, 1.82) is 5.26 Å². The van der Waals surface area contributed by atoms with E-state index >= 15 is 0 Å². The van der Waals surface area contributed by atoms with E-state index in [0.717, 1.165) is 11.1 Å². The summed E-state index contributed by atoms with van der Waals surface area (Å²) in [5.41, 5.74) is 2.28. The van der Waals surface area contributed by atoms with Crippen molar-refractivity contribution in [2.75, 3.05) is 0 Å². The second kappa shape index (κ2) is 7.01. The minimum atomic E-state index is -0.788. The quantitative estimate of drug-likeness (QED) is 0.820. The number of carbonyl (C=O) groups is 1. The average molecular weight is 282 g/mol. The van der Waals surface area contributed by atoms with Crippen LogP contribution in [0.4, 0.5) is 0 Å². The molecule has 1 aromatic carbocycles. The molecule has 1 N–H and O–H groups in total. The van der Waals surface area contributed by atoms with E-state index in [0.29, 0.717) is 18.5 Å². The lowest BCUT2D eigenvalue weighted by atomic mass is 10.0. The van der Waals surface area contributed by atoms with Crippen molar-refractivity contribution in [2.45, 2.75) is 19.3 Å². The average Bonchev–Trinajstić information content (AvgIpc) is 2.99. The van der Waals surface area contributed by atoms with Gasteiger partial charge in [-0.25, -0.2) is 9.67 Å². The zero-order valence-electron chi connectivity index (χ0n) is 11.3. The summed E-state index contributed by atoms with van der Waals surface area (Å²) in [6, 6.07) is 9.73. The van der Waals surface area contributed by atoms with Crippen LogP contribution in [0.15, 0.2) is 36.9 Å². The number of nitrogens with zero attached hydrogens (tertiary/aromatic N) is 4. The maximum Gasteiger partial charge on any atom is 0.303 e. The summed E-state index contributed by atoms with van der Waals surface area (Å²) >= 11 is 0. The van der Waals surface area contributed by atoms with Gasteiger partial charge in [-0.1, -0.05) is 24.3 Å². The molecular weight excluding hydrogens is 268 g/mol. The maximum absolute atomic E-state index is 10.5. The summed E-state index contributed by atoms with van der Waals surface area (Å²) in [6.45, 7) is 0. The Balaban J connectivity index is 2.13. The van der Waals surface area contributed by atoms with Gasteiger partial charge in [0.25, 0.3) is 0 Å². The van der Waals surface area contributed by atoms with Gasteiger partial charge >= 0.3 is 5.97 Å². The first kappa shape index (κ1) is 14.5. The Kier molecular flexibility index (Phi) is 4.83. The van der Waals surface area contributed by atoms with Gasteiger partial charge in [-0.3, -0.25) is 4.79 Å². The first-order valence-electron chi connectivity index (χ1n) is 6.46. The molecule has 0 aliphatic heterocycles. The fourth-order valence-electron chi connectivity index (χ4n) is 1.92. The van der Waals surface area contributed by atoms with Crippen LogP contribution in [0.1, 0.15) is 24.0 Å². The highest BCUT2D eigenvalue weighted by Gasteiger charge is 2.02. The minimum absolute atomic E-state index is 0.155. The summed E-state index contributed by atoms with van der Waals surface area (Å²) in [7, 11) is 0. The molecule has 0 atom stereocenters. The van der Waals surface area contributed by atoms with Gasteiger partial charge in [-0.05, 0) is 30.0 Å². The monoisotopic (exact) mass is 282 g/mol. The van der Waals surface area contributed by atoms with Crippen LogP contribution >= 0.6 is 0 Å². The van der Waals surface area contributed by atoms with E-state index < -0.39 is 5.97 Å². The van der Waals surface area contributed by atoms with Gasteiger partial charge in [0.2, 0.25) is 0 Å². The van der Waals surface area contributed by atoms with E-state index in [2.05, 4.69) is 16.2 Å². The number of hydrogen-bond donors (Lipinski definition) is 1. The molecule has 2 rings (SSSR count). The smallest absolute Gasteiger partial charge is 0.303 e. The summed E-state index contributed by atoms with van der Waals surface area (Å²) in [6.07, 6.45) is 5.99. The Morgan fingerprint density at radius 2 is 2.33 bits per heavy atom. The molecule has 0 fully saturated rings. The molecule has 0 amide bonds. The third-order valence-electron chi connectivity index (χ3n) is 2.89. The minimum Gasteiger partial charge on any atom is -0.481 e. The molecule has 0 radical (unpaired) electrons. The van der Waals surface area contributed by atoms with Crippen molar-refractivity contribution in [3.8, 4) is 6.07 Å². The van der Waals surface area contributed by atoms with Gasteiger partial charge in [0.05, 0.1) is 0 Å². The first-order valence-corrected chi connectivity index (χ1v) is 6.46. The molecule has 21 heavy (non-hydrogen) atoms. The van der Waals surface area contributed by atoms with E-state index in [1.165, 1.54) is 17.3 Å². The van der Waals surface area contributed by atoms with Crippen molar-refractivity contribution < 1.29 is 9.90 Å². The third-order valence-corrected chi connectivity index (χ3v) is 2.89. The normalized spacial score (nSPS) is 11.1. The number of carboxylic acids is 1. The van der Waals surface area contributed by atoms with Gasteiger partial charge in [0, 0.05) is 6.42 Å². The number of rotatable bonds is 6. The second-order valence-corrected chi connectivity index (χ2v) is 4.47. The van der Waals surface area contributed by atoms with E-state index in [-0.39, 0.29) is 6.42 Å². The van der Waals surface area contributed by atoms with Crippen molar-refractivity contribution >= 4 is 17.7 Å². The lowest BCUT2D eigenvalue weighted by Gasteiger charge is -2.03. The second-order valence-electron chi connectivity index (χ2n) is 4.47. The molecule has 0 aliphatic rings. The SMILES string of the molecule is N#CC(=Cc1cccc(CCCC(=O)O)c1)n1cncn1. The van der Waals surface area contributed by atoms with Gasteiger partial charge in [-0.2, -0.15) is 10.4 Å². The highest BCUT2D eigenvalue weighted by Crippen LogP contribution is 2.13. The highest BCUT2D eigenvalue weighted by molar-refractivity contribution is 5.78. The molecule has 2 aromatic rings. The van der Waals surface area contributed by atoms with E-state index in [4.69, 9.17) is 10.4 Å². The summed E-state index contributed by atoms with van der Waals surface area (Å²) in [5, 5.41) is 21.7. The Bertz CT molecular complexity index is 684. The molecular formula is C15H14N4O2. The Hall–Kier alpha value is -2.94. The standard InChI is InChI=1S/C15H14N4O2/c16-9-14(19-11-17-10-18-19)8-13-5-1-3-12(7-13)4-2-6-15(20)21/h1,3,5,7-8,10-11H,2,4,6H2,(H,20,21). The molecule has 0 saturated heterocycles. The number of carboxylic acid groups (broad SMARTS) is 1. The van der Waals surface area contributed by atoms with Crippen molar-refractivity contribution in [1.82, 2.24) is 14.8 Å². The zero-order valence-corrected chi connectivity index (χ0v) is 11.3. The predicted octanol–water partition coefficient (Wildman–Crippen LogP) is 2.21. The number of hydrogen-bond acceptors (Lipinski definition) is 4. The van der Waals surface area contributed by atoms with Gasteiger partial charge in [0.1, 0.15) is 24.4 Å². The van der Waals surface area contributed by atoms with E-state index in [9.17, 15) is 4.79 Å². The van der Waals surface area contributed by atoms with E-state index in [1.807, 2.05) is 24.3 Å². The lowest BCUT2D eigenvalue weighted by Crippen LogP contribution is -1.96. The zero-order chi connectivity index (χ0) is 15.1. The number of nitriles is 1.